The Balaban J connectivity index is 3.56. The van der Waals surface area contributed by atoms with Crippen molar-refractivity contribution in [2.75, 3.05) is 11.9 Å². The van der Waals surface area contributed by atoms with Crippen LogP contribution >= 0.6 is 0 Å². The van der Waals surface area contributed by atoms with E-state index in [1.54, 1.807) is 38.2 Å². The molecule has 1 aromatic rings. The third-order valence-electron chi connectivity index (χ3n) is 3.53. The van der Waals surface area contributed by atoms with Crippen LogP contribution in [-0.4, -0.2) is 18.8 Å². The van der Waals surface area contributed by atoms with Gasteiger partial charge in [0.25, 0.3) is 5.91 Å². The Kier molecular flexibility index (Phi) is 7.21. The second-order valence-corrected chi connectivity index (χ2v) is 5.41. The minimum absolute atomic E-state index is 0.108. The van der Waals surface area contributed by atoms with Gasteiger partial charge in [0, 0.05) is 23.7 Å². The van der Waals surface area contributed by atoms with Gasteiger partial charge in [0.1, 0.15) is 0 Å². The van der Waals surface area contributed by atoms with Crippen LogP contribution in [0.5, 0.6) is 0 Å². The van der Waals surface area contributed by atoms with Crippen LogP contribution in [-0.2, 0) is 4.79 Å². The molecule has 1 aromatic carbocycles. The molecule has 0 saturated carbocycles. The fourth-order valence-electron chi connectivity index (χ4n) is 2.22. The number of nitrogens with one attached hydrogen (secondary N) is 1. The van der Waals surface area contributed by atoms with Gasteiger partial charge >= 0.3 is 0 Å². The quantitative estimate of drug-likeness (QED) is 0.156. The molecule has 1 rings (SSSR count). The second-order valence-electron chi connectivity index (χ2n) is 5.41. The number of hydrazone groups is 1. The van der Waals surface area contributed by atoms with Gasteiger partial charge in [-0.15, -0.1) is 5.11 Å². The van der Waals surface area contributed by atoms with Gasteiger partial charge in [-0.25, -0.2) is 5.53 Å². The number of carbonyl (C=O) groups is 1. The Morgan fingerprint density at radius 2 is 2.00 bits per heavy atom. The van der Waals surface area contributed by atoms with E-state index in [2.05, 4.69) is 23.4 Å². The van der Waals surface area contributed by atoms with Crippen LogP contribution in [0.3, 0.4) is 0 Å². The van der Waals surface area contributed by atoms with Crippen LogP contribution in [0, 0.1) is 5.53 Å². The van der Waals surface area contributed by atoms with E-state index in [9.17, 15) is 4.79 Å². The van der Waals surface area contributed by atoms with E-state index in [4.69, 9.17) is 11.4 Å². The first-order valence-corrected chi connectivity index (χ1v) is 7.57. The number of allylic oxidation sites excluding steroid dienone is 5. The first-order valence-electron chi connectivity index (χ1n) is 7.57. The zero-order valence-electron chi connectivity index (χ0n) is 14.8. The molecule has 0 saturated heterocycles. The van der Waals surface area contributed by atoms with Crippen molar-refractivity contribution in [2.24, 2.45) is 16.1 Å². The number of rotatable bonds is 6. The summed E-state index contributed by atoms with van der Waals surface area (Å²) >= 11 is 0. The zero-order chi connectivity index (χ0) is 19.0. The molecular formula is C19H23N5O. The highest BCUT2D eigenvalue weighted by Gasteiger charge is 2.17. The zero-order valence-corrected chi connectivity index (χ0v) is 14.8. The molecule has 0 aliphatic heterocycles. The largest absolute Gasteiger partial charge is 0.321 e. The van der Waals surface area contributed by atoms with Crippen molar-refractivity contribution in [2.45, 2.75) is 13.8 Å². The number of nitrogens with two attached hydrogens (primary N) is 1. The summed E-state index contributed by atoms with van der Waals surface area (Å²) in [5.74, 6) is 5.21. The average Bonchev–Trinajstić information content (AvgIpc) is 2.61. The number of amidine groups is 1. The van der Waals surface area contributed by atoms with Gasteiger partial charge in [-0.3, -0.25) is 4.79 Å². The predicted molar refractivity (Wildman–Crippen MR) is 104 cm³/mol. The van der Waals surface area contributed by atoms with Crippen molar-refractivity contribution < 1.29 is 4.79 Å². The lowest BCUT2D eigenvalue weighted by atomic mass is 10.00. The van der Waals surface area contributed by atoms with Gasteiger partial charge in [0.2, 0.25) is 0 Å². The Bertz CT molecular complexity index is 787. The minimum Gasteiger partial charge on any atom is -0.321 e. The van der Waals surface area contributed by atoms with E-state index < -0.39 is 0 Å². The second kappa shape index (κ2) is 9.12. The molecule has 1 amide bonds. The maximum atomic E-state index is 12.3. The van der Waals surface area contributed by atoms with Crippen LogP contribution in [0.2, 0.25) is 0 Å². The lowest BCUT2D eigenvalue weighted by molar-refractivity contribution is -0.114. The third-order valence-corrected chi connectivity index (χ3v) is 3.53. The van der Waals surface area contributed by atoms with Crippen LogP contribution in [0.25, 0.3) is 5.57 Å². The van der Waals surface area contributed by atoms with Gasteiger partial charge in [-0.1, -0.05) is 37.5 Å². The van der Waals surface area contributed by atoms with Gasteiger partial charge in [-0.2, -0.15) is 5.10 Å². The summed E-state index contributed by atoms with van der Waals surface area (Å²) in [7, 11) is 1.69. The highest BCUT2D eigenvalue weighted by atomic mass is 16.2. The van der Waals surface area contributed by atoms with Crippen molar-refractivity contribution in [1.82, 2.24) is 0 Å². The summed E-state index contributed by atoms with van der Waals surface area (Å²) in [6.07, 6.45) is 7.24. The number of amides is 1. The predicted octanol–water partition coefficient (Wildman–Crippen LogP) is 4.02. The molecule has 25 heavy (non-hydrogen) atoms. The molecular weight excluding hydrogens is 314 g/mol. The van der Waals surface area contributed by atoms with Gasteiger partial charge in [0.05, 0.1) is 5.69 Å². The molecule has 0 aromatic heterocycles. The Labute approximate surface area is 148 Å². The number of likely N-dealkylation sites (N-methyl/N-ethyl adjacent to an activating group) is 1. The number of anilines is 1. The topological polar surface area (TPSA) is 94.9 Å². The molecule has 130 valence electrons. The summed E-state index contributed by atoms with van der Waals surface area (Å²) in [4.78, 5) is 13.8. The number of benzene rings is 1. The van der Waals surface area contributed by atoms with Gasteiger partial charge < -0.3 is 10.7 Å². The molecule has 6 heteroatoms. The molecule has 6 nitrogen and oxygen atoms in total. The molecule has 0 spiro atoms. The first-order chi connectivity index (χ1) is 11.9. The van der Waals surface area contributed by atoms with Crippen LogP contribution in [0.1, 0.15) is 25.0 Å². The Morgan fingerprint density at radius 1 is 1.32 bits per heavy atom. The van der Waals surface area contributed by atoms with Crippen LogP contribution in [0.15, 0.2) is 71.4 Å². The van der Waals surface area contributed by atoms with Crippen LogP contribution in [0.4, 0.5) is 5.69 Å². The Hall–Kier alpha value is -3.28. The van der Waals surface area contributed by atoms with Crippen molar-refractivity contribution in [3.63, 3.8) is 0 Å². The number of carbonyl (C=O) groups excluding carboxylic acids is 1. The lowest BCUT2D eigenvalue weighted by Gasteiger charge is -2.22. The van der Waals surface area contributed by atoms with Crippen molar-refractivity contribution in [3.05, 3.63) is 72.4 Å². The van der Waals surface area contributed by atoms with Crippen LogP contribution < -0.4 is 10.7 Å². The molecule has 0 atom stereocenters. The number of nitrogens with zero attached hydrogens (tertiary/aromatic N) is 3. The van der Waals surface area contributed by atoms with E-state index in [1.807, 2.05) is 25.2 Å². The standard InChI is InChI=1S/C19H23N5O/c1-6-7-8-9-14(4)16-12-15(18(22-20)23-21)10-11-17(16)24(5)19(25)13(2)3/h6-12,20H,1-2,21H2,3-5H3/b8-7-,14-9+,22-20?,23-18-. The van der Waals surface area contributed by atoms with E-state index in [-0.39, 0.29) is 11.7 Å². The first kappa shape index (κ1) is 19.8. The molecule has 0 radical (unpaired) electrons. The van der Waals surface area contributed by atoms with Crippen molar-refractivity contribution in [1.29, 1.82) is 5.53 Å². The fraction of sp³-hybridized carbons (Fsp3) is 0.158. The molecule has 0 unspecified atom stereocenters. The molecule has 3 N–H and O–H groups in total. The SMILES string of the molecule is C=C/C=C\C=C(/C)c1cc(/C(N=N)=N/N)ccc1N(C)C(=O)C(=C)C. The van der Waals surface area contributed by atoms with Gasteiger partial charge in [-0.05, 0) is 37.6 Å². The molecule has 0 aliphatic carbocycles. The summed E-state index contributed by atoms with van der Waals surface area (Å²) in [5.41, 5.74) is 10.6. The summed E-state index contributed by atoms with van der Waals surface area (Å²) < 4.78 is 0. The third kappa shape index (κ3) is 4.84. The maximum Gasteiger partial charge on any atom is 0.253 e. The van der Waals surface area contributed by atoms with Crippen molar-refractivity contribution >= 4 is 23.0 Å². The van der Waals surface area contributed by atoms with E-state index in [1.165, 1.54) is 4.90 Å². The highest BCUT2D eigenvalue weighted by Crippen LogP contribution is 2.29. The van der Waals surface area contributed by atoms with E-state index in [0.717, 1.165) is 11.1 Å². The van der Waals surface area contributed by atoms with E-state index >= 15 is 0 Å². The average molecular weight is 337 g/mol. The lowest BCUT2D eigenvalue weighted by Crippen LogP contribution is -2.27. The summed E-state index contributed by atoms with van der Waals surface area (Å²) in [6, 6.07) is 5.29. The monoisotopic (exact) mass is 337 g/mol. The smallest absolute Gasteiger partial charge is 0.253 e. The minimum atomic E-state index is -0.179. The van der Waals surface area contributed by atoms with E-state index in [0.29, 0.717) is 16.8 Å². The normalized spacial score (nSPS) is 12.1. The summed E-state index contributed by atoms with van der Waals surface area (Å²) in [6.45, 7) is 10.9. The number of hydrogen-bond acceptors (Lipinski definition) is 4. The Morgan fingerprint density at radius 3 is 2.52 bits per heavy atom. The van der Waals surface area contributed by atoms with Crippen molar-refractivity contribution in [3.8, 4) is 0 Å². The molecule has 0 aliphatic rings. The molecule has 0 bridgehead atoms. The highest BCUT2D eigenvalue weighted by molar-refractivity contribution is 6.07. The van der Waals surface area contributed by atoms with Gasteiger partial charge in [0.15, 0.2) is 5.84 Å². The molecule has 0 heterocycles. The fourth-order valence-corrected chi connectivity index (χ4v) is 2.22. The molecule has 0 fully saturated rings. The maximum absolute atomic E-state index is 12.3. The summed E-state index contributed by atoms with van der Waals surface area (Å²) in [5, 5.41) is 6.84. The number of hydrogen-bond donors (Lipinski definition) is 2.